The molecule has 0 bridgehead atoms. The van der Waals surface area contributed by atoms with Gasteiger partial charge in [0.2, 0.25) is 5.71 Å². The van der Waals surface area contributed by atoms with Crippen LogP contribution in [0.5, 0.6) is 0 Å². The molecule has 0 unspecified atom stereocenters. The van der Waals surface area contributed by atoms with Gasteiger partial charge in [-0.05, 0) is 32.9 Å². The maximum Gasteiger partial charge on any atom is 0.222 e. The van der Waals surface area contributed by atoms with Crippen LogP contribution in [0.25, 0.3) is 5.71 Å². The van der Waals surface area contributed by atoms with Crippen molar-refractivity contribution in [2.24, 2.45) is 0 Å². The van der Waals surface area contributed by atoms with Gasteiger partial charge in [0.25, 0.3) is 0 Å². The van der Waals surface area contributed by atoms with E-state index in [9.17, 15) is 0 Å². The lowest BCUT2D eigenvalue weighted by Crippen LogP contribution is -2.29. The molecular formula is C15H19N3O. The molecule has 0 radical (unpaired) electrons. The van der Waals surface area contributed by atoms with E-state index in [1.807, 2.05) is 19.2 Å². The molecule has 100 valence electrons. The Balaban J connectivity index is 1.55. The van der Waals surface area contributed by atoms with Crippen molar-refractivity contribution in [1.82, 2.24) is 14.5 Å². The van der Waals surface area contributed by atoms with Gasteiger partial charge in [-0.1, -0.05) is 18.3 Å². The Kier molecular flexibility index (Phi) is 3.56. The summed E-state index contributed by atoms with van der Waals surface area (Å²) in [6, 6.07) is 1.94. The molecule has 2 aromatic heterocycles. The molecule has 1 aliphatic rings. The first-order valence-electron chi connectivity index (χ1n) is 6.94. The fraction of sp³-hybridized carbons (Fsp3) is 0.533. The van der Waals surface area contributed by atoms with Crippen molar-refractivity contribution >= 4 is 5.71 Å². The Morgan fingerprint density at radius 1 is 1.26 bits per heavy atom. The third kappa shape index (κ3) is 2.99. The van der Waals surface area contributed by atoms with Gasteiger partial charge in [-0.3, -0.25) is 4.90 Å². The normalized spacial score (nSPS) is 16.5. The van der Waals surface area contributed by atoms with E-state index >= 15 is 0 Å². The van der Waals surface area contributed by atoms with Gasteiger partial charge in [0, 0.05) is 6.07 Å². The van der Waals surface area contributed by atoms with Crippen LogP contribution in [0.2, 0.25) is 0 Å². The predicted molar refractivity (Wildman–Crippen MR) is 74.0 cm³/mol. The van der Waals surface area contributed by atoms with Gasteiger partial charge < -0.3 is 4.42 Å². The largest absolute Gasteiger partial charge is 0.441 e. The third-order valence-corrected chi connectivity index (χ3v) is 3.46. The molecular weight excluding hydrogens is 238 g/mol. The Hall–Kier alpha value is -1.73. The summed E-state index contributed by atoms with van der Waals surface area (Å²) in [7, 11) is 0. The summed E-state index contributed by atoms with van der Waals surface area (Å²) >= 11 is 0. The molecule has 0 amide bonds. The van der Waals surface area contributed by atoms with E-state index in [-0.39, 0.29) is 0 Å². The quantitative estimate of drug-likeness (QED) is 0.774. The smallest absolute Gasteiger partial charge is 0.222 e. The van der Waals surface area contributed by atoms with Crippen LogP contribution < -0.4 is 0 Å². The van der Waals surface area contributed by atoms with Crippen LogP contribution in [0.4, 0.5) is 0 Å². The Morgan fingerprint density at radius 2 is 2.11 bits per heavy atom. The Bertz CT molecular complexity index is 577. The van der Waals surface area contributed by atoms with E-state index in [1.54, 1.807) is 4.52 Å². The summed E-state index contributed by atoms with van der Waals surface area (Å²) in [5.41, 5.74) is 1.77. The molecule has 0 saturated carbocycles. The van der Waals surface area contributed by atoms with Crippen molar-refractivity contribution < 1.29 is 4.42 Å². The summed E-state index contributed by atoms with van der Waals surface area (Å²) in [6.45, 7) is 5.24. The molecule has 1 saturated heterocycles. The van der Waals surface area contributed by atoms with Crippen molar-refractivity contribution in [3.8, 4) is 11.8 Å². The highest BCUT2D eigenvalue weighted by Crippen LogP contribution is 2.11. The molecule has 0 aliphatic carbocycles. The molecule has 4 nitrogen and oxygen atoms in total. The molecule has 1 aliphatic heterocycles. The molecule has 4 heteroatoms. The number of hydrogen-bond acceptors (Lipinski definition) is 3. The number of rotatable bonds is 2. The van der Waals surface area contributed by atoms with Crippen molar-refractivity contribution in [1.29, 1.82) is 0 Å². The average molecular weight is 257 g/mol. The lowest BCUT2D eigenvalue weighted by Gasteiger charge is -2.23. The van der Waals surface area contributed by atoms with Crippen LogP contribution in [-0.2, 0) is 6.42 Å². The van der Waals surface area contributed by atoms with Gasteiger partial charge in [-0.25, -0.2) is 4.52 Å². The maximum atomic E-state index is 5.67. The summed E-state index contributed by atoms with van der Waals surface area (Å²) in [4.78, 5) is 2.43. The summed E-state index contributed by atoms with van der Waals surface area (Å²) in [5.74, 6) is 7.31. The van der Waals surface area contributed by atoms with Crippen LogP contribution in [0, 0.1) is 18.8 Å². The van der Waals surface area contributed by atoms with Crippen molar-refractivity contribution in [3.05, 3.63) is 23.7 Å². The zero-order valence-electron chi connectivity index (χ0n) is 11.4. The number of likely N-dealkylation sites (tertiary alicyclic amines) is 1. The number of aryl methyl sites for hydroxylation is 1. The second-order valence-electron chi connectivity index (χ2n) is 5.13. The molecule has 1 fully saturated rings. The van der Waals surface area contributed by atoms with Crippen LogP contribution in [0.15, 0.2) is 16.7 Å². The summed E-state index contributed by atoms with van der Waals surface area (Å²) in [5, 5.41) is 4.30. The Morgan fingerprint density at radius 3 is 2.89 bits per heavy atom. The number of nitrogens with zero attached hydrogens (tertiary/aromatic N) is 3. The van der Waals surface area contributed by atoms with Crippen molar-refractivity contribution in [2.75, 3.05) is 19.6 Å². The third-order valence-electron chi connectivity index (χ3n) is 3.46. The highest BCUT2D eigenvalue weighted by Gasteiger charge is 2.07. The Labute approximate surface area is 113 Å². The number of fused-ring (bicyclic) bond motifs is 1. The first kappa shape index (κ1) is 12.3. The van der Waals surface area contributed by atoms with Crippen LogP contribution >= 0.6 is 0 Å². The highest BCUT2D eigenvalue weighted by atomic mass is 16.4. The number of oxazole rings is 1. The molecule has 2 aromatic rings. The number of aromatic nitrogens is 2. The molecule has 0 spiro atoms. The highest BCUT2D eigenvalue weighted by molar-refractivity contribution is 5.36. The van der Waals surface area contributed by atoms with Gasteiger partial charge in [0.15, 0.2) is 0 Å². The lowest BCUT2D eigenvalue weighted by atomic mass is 10.1. The van der Waals surface area contributed by atoms with E-state index < -0.39 is 0 Å². The van der Waals surface area contributed by atoms with Crippen LogP contribution in [0.3, 0.4) is 0 Å². The van der Waals surface area contributed by atoms with Gasteiger partial charge in [-0.2, -0.15) is 5.10 Å². The molecule has 3 rings (SSSR count). The van der Waals surface area contributed by atoms with Gasteiger partial charge in [0.1, 0.15) is 5.76 Å². The summed E-state index contributed by atoms with van der Waals surface area (Å²) < 4.78 is 7.44. The number of piperidine rings is 1. The minimum atomic E-state index is 0.663. The van der Waals surface area contributed by atoms with Gasteiger partial charge >= 0.3 is 0 Å². The standard InChI is InChI=1S/C15H19N3O/c1-13-11-15-18(16-13)12-14(19-15)7-3-6-10-17-8-4-2-5-9-17/h11-12H,2,4-5,7-10H2,1H3. The molecule has 0 aromatic carbocycles. The lowest BCUT2D eigenvalue weighted by molar-refractivity contribution is 0.255. The SMILES string of the molecule is Cc1cc2oc(CC#CCN3CCCCC3)cn2n1. The first-order chi connectivity index (χ1) is 9.31. The maximum absolute atomic E-state index is 5.67. The molecule has 0 atom stereocenters. The van der Waals surface area contributed by atoms with Crippen molar-refractivity contribution in [3.63, 3.8) is 0 Å². The van der Waals surface area contributed by atoms with E-state index in [2.05, 4.69) is 21.8 Å². The topological polar surface area (TPSA) is 33.7 Å². The monoisotopic (exact) mass is 257 g/mol. The predicted octanol–water partition coefficient (Wildman–Crippen LogP) is 2.27. The minimum Gasteiger partial charge on any atom is -0.441 e. The second kappa shape index (κ2) is 5.50. The molecule has 3 heterocycles. The van der Waals surface area contributed by atoms with Gasteiger partial charge in [0.05, 0.1) is 24.9 Å². The first-order valence-corrected chi connectivity index (χ1v) is 6.94. The van der Waals surface area contributed by atoms with E-state index in [0.717, 1.165) is 23.7 Å². The van der Waals surface area contributed by atoms with E-state index in [0.29, 0.717) is 6.42 Å². The van der Waals surface area contributed by atoms with E-state index in [4.69, 9.17) is 4.42 Å². The second-order valence-corrected chi connectivity index (χ2v) is 5.13. The number of hydrogen-bond donors (Lipinski definition) is 0. The van der Waals surface area contributed by atoms with E-state index in [1.165, 1.54) is 32.4 Å². The molecule has 19 heavy (non-hydrogen) atoms. The fourth-order valence-electron chi connectivity index (χ4n) is 2.48. The van der Waals surface area contributed by atoms with Crippen LogP contribution in [0.1, 0.15) is 30.7 Å². The van der Waals surface area contributed by atoms with Gasteiger partial charge in [-0.15, -0.1) is 0 Å². The molecule has 0 N–H and O–H groups in total. The zero-order chi connectivity index (χ0) is 13.1. The fourth-order valence-corrected chi connectivity index (χ4v) is 2.48. The zero-order valence-corrected chi connectivity index (χ0v) is 11.4. The van der Waals surface area contributed by atoms with Crippen LogP contribution in [-0.4, -0.2) is 34.1 Å². The summed E-state index contributed by atoms with van der Waals surface area (Å²) in [6.07, 6.45) is 6.58. The minimum absolute atomic E-state index is 0.663. The van der Waals surface area contributed by atoms with Crippen molar-refractivity contribution in [2.45, 2.75) is 32.6 Å². The average Bonchev–Trinajstić information content (AvgIpc) is 2.93.